The smallest absolute Gasteiger partial charge is 0.258 e. The molecule has 2 amide bonds. The SMILES string of the molecule is Cc1ccc2cccc(NC(=O)c3ccc(C)c(NC(=O)c4ccccc4F)c3)c2n1. The van der Waals surface area contributed by atoms with Gasteiger partial charge in [-0.1, -0.05) is 36.4 Å². The molecule has 0 aliphatic carbocycles. The summed E-state index contributed by atoms with van der Waals surface area (Å²) < 4.78 is 13.9. The number of nitrogens with zero attached hydrogens (tertiary/aromatic N) is 1. The van der Waals surface area contributed by atoms with Crippen LogP contribution in [-0.2, 0) is 0 Å². The van der Waals surface area contributed by atoms with E-state index in [1.807, 2.05) is 31.2 Å². The Hall–Kier alpha value is -4.06. The molecule has 0 saturated carbocycles. The molecule has 1 heterocycles. The number of amides is 2. The Morgan fingerprint density at radius 2 is 1.58 bits per heavy atom. The van der Waals surface area contributed by atoms with Crippen molar-refractivity contribution in [1.29, 1.82) is 0 Å². The highest BCUT2D eigenvalue weighted by Gasteiger charge is 2.15. The van der Waals surface area contributed by atoms with Crippen LogP contribution in [0.15, 0.2) is 72.8 Å². The van der Waals surface area contributed by atoms with Crippen LogP contribution in [0.2, 0.25) is 0 Å². The Morgan fingerprint density at radius 1 is 0.806 bits per heavy atom. The molecule has 0 spiro atoms. The predicted octanol–water partition coefficient (Wildman–Crippen LogP) is 5.50. The minimum atomic E-state index is -0.606. The van der Waals surface area contributed by atoms with E-state index in [1.54, 1.807) is 37.3 Å². The first-order valence-electron chi connectivity index (χ1n) is 9.76. The van der Waals surface area contributed by atoms with Crippen LogP contribution < -0.4 is 10.6 Å². The van der Waals surface area contributed by atoms with Gasteiger partial charge in [-0.25, -0.2) is 4.39 Å². The summed E-state index contributed by atoms with van der Waals surface area (Å²) in [5, 5.41) is 6.51. The number of aromatic nitrogens is 1. The Morgan fingerprint density at radius 3 is 2.39 bits per heavy atom. The van der Waals surface area contributed by atoms with E-state index in [-0.39, 0.29) is 11.5 Å². The quantitative estimate of drug-likeness (QED) is 0.464. The van der Waals surface area contributed by atoms with Crippen LogP contribution in [0.25, 0.3) is 10.9 Å². The lowest BCUT2D eigenvalue weighted by Crippen LogP contribution is -2.16. The fourth-order valence-corrected chi connectivity index (χ4v) is 3.27. The lowest BCUT2D eigenvalue weighted by atomic mass is 10.1. The van der Waals surface area contributed by atoms with Crippen molar-refractivity contribution in [1.82, 2.24) is 4.98 Å². The summed E-state index contributed by atoms with van der Waals surface area (Å²) in [4.78, 5) is 29.9. The number of halogens is 1. The number of para-hydroxylation sites is 1. The molecule has 5 nitrogen and oxygen atoms in total. The molecule has 3 aromatic carbocycles. The highest BCUT2D eigenvalue weighted by Crippen LogP contribution is 2.24. The van der Waals surface area contributed by atoms with Crippen molar-refractivity contribution in [2.75, 3.05) is 10.6 Å². The summed E-state index contributed by atoms with van der Waals surface area (Å²) in [6, 6.07) is 20.2. The van der Waals surface area contributed by atoms with E-state index >= 15 is 0 Å². The first-order valence-corrected chi connectivity index (χ1v) is 9.76. The van der Waals surface area contributed by atoms with Crippen LogP contribution in [0.5, 0.6) is 0 Å². The number of nitrogens with one attached hydrogen (secondary N) is 2. The third-order valence-electron chi connectivity index (χ3n) is 4.97. The number of rotatable bonds is 4. The molecule has 0 bridgehead atoms. The van der Waals surface area contributed by atoms with Crippen LogP contribution in [0, 0.1) is 19.7 Å². The highest BCUT2D eigenvalue weighted by molar-refractivity contribution is 6.10. The molecule has 0 aliphatic heterocycles. The second-order valence-electron chi connectivity index (χ2n) is 7.25. The molecule has 4 aromatic rings. The van der Waals surface area contributed by atoms with Gasteiger partial charge in [0.25, 0.3) is 11.8 Å². The van der Waals surface area contributed by atoms with Crippen molar-refractivity contribution in [3.8, 4) is 0 Å². The van der Waals surface area contributed by atoms with Crippen LogP contribution in [0.3, 0.4) is 0 Å². The van der Waals surface area contributed by atoms with E-state index in [9.17, 15) is 14.0 Å². The molecule has 154 valence electrons. The Balaban J connectivity index is 1.60. The number of aryl methyl sites for hydroxylation is 2. The van der Waals surface area contributed by atoms with Crippen molar-refractivity contribution in [2.24, 2.45) is 0 Å². The lowest BCUT2D eigenvalue weighted by Gasteiger charge is -2.12. The lowest BCUT2D eigenvalue weighted by molar-refractivity contribution is 0.101. The van der Waals surface area contributed by atoms with Crippen LogP contribution in [0.1, 0.15) is 32.0 Å². The number of hydrogen-bond donors (Lipinski definition) is 2. The Kier molecular flexibility index (Phi) is 5.45. The molecule has 2 N–H and O–H groups in total. The van der Waals surface area contributed by atoms with Gasteiger partial charge >= 0.3 is 0 Å². The van der Waals surface area contributed by atoms with Crippen LogP contribution >= 0.6 is 0 Å². The largest absolute Gasteiger partial charge is 0.322 e. The summed E-state index contributed by atoms with van der Waals surface area (Å²) in [5.41, 5.74) is 3.65. The zero-order valence-corrected chi connectivity index (χ0v) is 17.1. The van der Waals surface area contributed by atoms with Crippen molar-refractivity contribution >= 4 is 34.1 Å². The number of benzene rings is 3. The fraction of sp³-hybridized carbons (Fsp3) is 0.0800. The maximum absolute atomic E-state index is 13.9. The zero-order chi connectivity index (χ0) is 22.0. The van der Waals surface area contributed by atoms with E-state index in [0.29, 0.717) is 22.5 Å². The van der Waals surface area contributed by atoms with Crippen molar-refractivity contribution < 1.29 is 14.0 Å². The third-order valence-corrected chi connectivity index (χ3v) is 4.97. The Labute approximate surface area is 178 Å². The van der Waals surface area contributed by atoms with Gasteiger partial charge in [0, 0.05) is 22.3 Å². The van der Waals surface area contributed by atoms with Gasteiger partial charge in [0.05, 0.1) is 16.8 Å². The number of pyridine rings is 1. The van der Waals surface area contributed by atoms with Crippen molar-refractivity contribution in [3.63, 3.8) is 0 Å². The molecule has 0 unspecified atom stereocenters. The van der Waals surface area contributed by atoms with E-state index in [2.05, 4.69) is 15.6 Å². The third kappa shape index (κ3) is 4.28. The molecule has 0 radical (unpaired) electrons. The molecule has 6 heteroatoms. The van der Waals surface area contributed by atoms with Gasteiger partial charge in [-0.05, 0) is 55.8 Å². The average molecular weight is 413 g/mol. The second kappa shape index (κ2) is 8.36. The average Bonchev–Trinajstić information content (AvgIpc) is 2.76. The van der Waals surface area contributed by atoms with Crippen LogP contribution in [0.4, 0.5) is 15.8 Å². The van der Waals surface area contributed by atoms with Gasteiger partial charge < -0.3 is 10.6 Å². The first kappa shape index (κ1) is 20.2. The molecule has 0 fully saturated rings. The molecular weight excluding hydrogens is 393 g/mol. The molecule has 31 heavy (non-hydrogen) atoms. The van der Waals surface area contributed by atoms with E-state index in [1.165, 1.54) is 18.2 Å². The van der Waals surface area contributed by atoms with Crippen molar-refractivity contribution in [3.05, 3.63) is 101 Å². The minimum Gasteiger partial charge on any atom is -0.322 e. The van der Waals surface area contributed by atoms with Gasteiger partial charge in [-0.15, -0.1) is 0 Å². The van der Waals surface area contributed by atoms with Crippen LogP contribution in [-0.4, -0.2) is 16.8 Å². The number of anilines is 2. The second-order valence-corrected chi connectivity index (χ2v) is 7.25. The van der Waals surface area contributed by atoms with Gasteiger partial charge in [-0.3, -0.25) is 14.6 Å². The number of carbonyl (C=O) groups excluding carboxylic acids is 2. The summed E-state index contributed by atoms with van der Waals surface area (Å²) in [5.74, 6) is -1.52. The maximum Gasteiger partial charge on any atom is 0.258 e. The zero-order valence-electron chi connectivity index (χ0n) is 17.1. The van der Waals surface area contributed by atoms with E-state index in [4.69, 9.17) is 0 Å². The fourth-order valence-electron chi connectivity index (χ4n) is 3.27. The predicted molar refractivity (Wildman–Crippen MR) is 120 cm³/mol. The molecular formula is C25H20FN3O2. The number of hydrogen-bond acceptors (Lipinski definition) is 3. The Bertz CT molecular complexity index is 1320. The minimum absolute atomic E-state index is 0.0612. The molecule has 0 atom stereocenters. The van der Waals surface area contributed by atoms with E-state index in [0.717, 1.165) is 16.6 Å². The van der Waals surface area contributed by atoms with E-state index < -0.39 is 11.7 Å². The molecule has 0 saturated heterocycles. The van der Waals surface area contributed by atoms with Gasteiger partial charge in [0.2, 0.25) is 0 Å². The number of carbonyl (C=O) groups is 2. The molecule has 0 aliphatic rings. The van der Waals surface area contributed by atoms with Gasteiger partial charge in [0.1, 0.15) is 5.82 Å². The van der Waals surface area contributed by atoms with Crippen molar-refractivity contribution in [2.45, 2.75) is 13.8 Å². The monoisotopic (exact) mass is 413 g/mol. The topological polar surface area (TPSA) is 71.1 Å². The summed E-state index contributed by atoms with van der Waals surface area (Å²) >= 11 is 0. The highest BCUT2D eigenvalue weighted by atomic mass is 19.1. The molecule has 4 rings (SSSR count). The summed E-state index contributed by atoms with van der Waals surface area (Å²) in [6.45, 7) is 3.69. The summed E-state index contributed by atoms with van der Waals surface area (Å²) in [7, 11) is 0. The standard InChI is InChI=1S/C25H20FN3O2/c1-15-10-12-18(14-22(15)29-25(31)19-7-3-4-8-20(19)26)24(30)28-21-9-5-6-17-13-11-16(2)27-23(17)21/h3-14H,1-2H3,(H,28,30)(H,29,31). The normalized spacial score (nSPS) is 10.7. The first-order chi connectivity index (χ1) is 14.9. The summed E-state index contributed by atoms with van der Waals surface area (Å²) in [6.07, 6.45) is 0. The van der Waals surface area contributed by atoms with Gasteiger partial charge in [0.15, 0.2) is 0 Å². The maximum atomic E-state index is 13.9. The van der Waals surface area contributed by atoms with Gasteiger partial charge in [-0.2, -0.15) is 0 Å². The molecule has 1 aromatic heterocycles. The number of fused-ring (bicyclic) bond motifs is 1.